The zero-order valence-electron chi connectivity index (χ0n) is 13.9. The Morgan fingerprint density at radius 1 is 0.957 bits per heavy atom. The molecule has 0 heterocycles. The molecular formula is C19H28N2O2. The van der Waals surface area contributed by atoms with Crippen LogP contribution in [0.5, 0.6) is 5.75 Å². The minimum atomic E-state index is -0.0561. The van der Waals surface area contributed by atoms with E-state index in [0.29, 0.717) is 18.7 Å². The third-order valence-electron chi connectivity index (χ3n) is 4.92. The third kappa shape index (κ3) is 5.15. The van der Waals surface area contributed by atoms with Gasteiger partial charge in [-0.05, 0) is 56.2 Å². The van der Waals surface area contributed by atoms with E-state index in [0.717, 1.165) is 24.2 Å². The van der Waals surface area contributed by atoms with Crippen LogP contribution >= 0.6 is 0 Å². The summed E-state index contributed by atoms with van der Waals surface area (Å²) in [5.74, 6) is 0.941. The fourth-order valence-corrected chi connectivity index (χ4v) is 3.55. The van der Waals surface area contributed by atoms with Crippen LogP contribution in [0, 0.1) is 0 Å². The topological polar surface area (TPSA) is 50.4 Å². The molecule has 0 unspecified atom stereocenters. The monoisotopic (exact) mass is 316 g/mol. The largest absolute Gasteiger partial charge is 0.490 e. The number of urea groups is 1. The van der Waals surface area contributed by atoms with Gasteiger partial charge in [-0.2, -0.15) is 0 Å². The van der Waals surface area contributed by atoms with Crippen molar-refractivity contribution in [2.24, 2.45) is 0 Å². The van der Waals surface area contributed by atoms with Crippen molar-refractivity contribution in [3.63, 3.8) is 0 Å². The number of carbonyl (C=O) groups is 1. The summed E-state index contributed by atoms with van der Waals surface area (Å²) in [6.45, 7) is 0.558. The zero-order valence-corrected chi connectivity index (χ0v) is 13.9. The summed E-state index contributed by atoms with van der Waals surface area (Å²) in [5, 5.41) is 5.98. The molecule has 0 atom stereocenters. The van der Waals surface area contributed by atoms with Gasteiger partial charge in [0.2, 0.25) is 0 Å². The lowest BCUT2D eigenvalue weighted by atomic mass is 9.98. The van der Waals surface area contributed by atoms with Crippen molar-refractivity contribution in [1.29, 1.82) is 0 Å². The normalized spacial score (nSPS) is 19.5. The van der Waals surface area contributed by atoms with Crippen LogP contribution < -0.4 is 15.4 Å². The number of nitrogens with one attached hydrogen (secondary N) is 2. The summed E-state index contributed by atoms with van der Waals surface area (Å²) >= 11 is 0. The van der Waals surface area contributed by atoms with E-state index in [1.807, 2.05) is 24.3 Å². The lowest BCUT2D eigenvalue weighted by molar-refractivity contribution is 0.155. The Kier molecular flexibility index (Phi) is 5.78. The van der Waals surface area contributed by atoms with Crippen molar-refractivity contribution >= 4 is 6.03 Å². The molecule has 4 heteroatoms. The Morgan fingerprint density at radius 2 is 1.61 bits per heavy atom. The van der Waals surface area contributed by atoms with Crippen LogP contribution in [-0.4, -0.2) is 18.2 Å². The first-order valence-corrected chi connectivity index (χ1v) is 9.09. The van der Waals surface area contributed by atoms with E-state index in [1.165, 1.54) is 44.9 Å². The number of ether oxygens (including phenoxy) is 1. The molecule has 0 radical (unpaired) electrons. The SMILES string of the molecule is O=C(NCc1ccc(OC2CCCCC2)cc1)NC1CCCC1. The van der Waals surface area contributed by atoms with Gasteiger partial charge in [0.25, 0.3) is 0 Å². The highest BCUT2D eigenvalue weighted by Crippen LogP contribution is 2.23. The fourth-order valence-electron chi connectivity index (χ4n) is 3.55. The van der Waals surface area contributed by atoms with Crippen LogP contribution in [0.2, 0.25) is 0 Å². The first-order valence-electron chi connectivity index (χ1n) is 9.09. The quantitative estimate of drug-likeness (QED) is 0.857. The molecule has 4 nitrogen and oxygen atoms in total. The average molecular weight is 316 g/mol. The van der Waals surface area contributed by atoms with Crippen molar-refractivity contribution in [1.82, 2.24) is 10.6 Å². The Hall–Kier alpha value is -1.71. The van der Waals surface area contributed by atoms with Crippen LogP contribution in [-0.2, 0) is 6.54 Å². The lowest BCUT2D eigenvalue weighted by Gasteiger charge is -2.23. The minimum absolute atomic E-state index is 0.0561. The number of rotatable bonds is 5. The first-order chi connectivity index (χ1) is 11.3. The molecule has 2 amide bonds. The predicted octanol–water partition coefficient (Wildman–Crippen LogP) is 4.14. The van der Waals surface area contributed by atoms with Crippen LogP contribution in [0.25, 0.3) is 0 Å². The second kappa shape index (κ2) is 8.23. The van der Waals surface area contributed by atoms with Gasteiger partial charge in [-0.3, -0.25) is 0 Å². The minimum Gasteiger partial charge on any atom is -0.490 e. The highest BCUT2D eigenvalue weighted by molar-refractivity contribution is 5.74. The van der Waals surface area contributed by atoms with Gasteiger partial charge in [0, 0.05) is 12.6 Å². The maximum absolute atomic E-state index is 11.9. The van der Waals surface area contributed by atoms with Gasteiger partial charge in [0.05, 0.1) is 6.10 Å². The van der Waals surface area contributed by atoms with Crippen molar-refractivity contribution < 1.29 is 9.53 Å². The number of benzene rings is 1. The van der Waals surface area contributed by atoms with Crippen molar-refractivity contribution in [3.8, 4) is 5.75 Å². The molecule has 0 spiro atoms. The van der Waals surface area contributed by atoms with Crippen molar-refractivity contribution in [3.05, 3.63) is 29.8 Å². The molecule has 1 aromatic rings. The molecule has 1 aromatic carbocycles. The molecular weight excluding hydrogens is 288 g/mol. The molecule has 2 aliphatic carbocycles. The molecule has 2 N–H and O–H groups in total. The second-order valence-electron chi connectivity index (χ2n) is 6.83. The Morgan fingerprint density at radius 3 is 2.30 bits per heavy atom. The van der Waals surface area contributed by atoms with Gasteiger partial charge in [0.15, 0.2) is 0 Å². The van der Waals surface area contributed by atoms with Gasteiger partial charge >= 0.3 is 6.03 Å². The van der Waals surface area contributed by atoms with Gasteiger partial charge in [0.1, 0.15) is 5.75 Å². The van der Waals surface area contributed by atoms with Gasteiger partial charge in [-0.1, -0.05) is 31.4 Å². The van der Waals surface area contributed by atoms with Crippen molar-refractivity contribution in [2.75, 3.05) is 0 Å². The van der Waals surface area contributed by atoms with Crippen LogP contribution in [0.3, 0.4) is 0 Å². The van der Waals surface area contributed by atoms with Crippen LogP contribution in [0.1, 0.15) is 63.4 Å². The van der Waals surface area contributed by atoms with E-state index >= 15 is 0 Å². The molecule has 2 aliphatic rings. The Bertz CT molecular complexity index is 489. The molecule has 2 saturated carbocycles. The summed E-state index contributed by atoms with van der Waals surface area (Å²) in [7, 11) is 0. The molecule has 126 valence electrons. The maximum Gasteiger partial charge on any atom is 0.315 e. The summed E-state index contributed by atoms with van der Waals surface area (Å²) in [5.41, 5.74) is 1.10. The number of hydrogen-bond acceptors (Lipinski definition) is 2. The van der Waals surface area contributed by atoms with E-state index < -0.39 is 0 Å². The standard InChI is InChI=1S/C19H28N2O2/c22-19(21-16-6-4-5-7-16)20-14-15-10-12-18(13-11-15)23-17-8-2-1-3-9-17/h10-13,16-17H,1-9,14H2,(H2,20,21,22). The average Bonchev–Trinajstić information content (AvgIpc) is 3.08. The molecule has 0 aromatic heterocycles. The van der Waals surface area contributed by atoms with Crippen molar-refractivity contribution in [2.45, 2.75) is 76.5 Å². The molecule has 23 heavy (non-hydrogen) atoms. The number of amides is 2. The van der Waals surface area contributed by atoms with Crippen LogP contribution in [0.4, 0.5) is 4.79 Å². The highest BCUT2D eigenvalue weighted by Gasteiger charge is 2.17. The highest BCUT2D eigenvalue weighted by atomic mass is 16.5. The maximum atomic E-state index is 11.9. The van der Waals surface area contributed by atoms with Gasteiger partial charge < -0.3 is 15.4 Å². The summed E-state index contributed by atoms with van der Waals surface area (Å²) in [4.78, 5) is 11.9. The molecule has 3 rings (SSSR count). The first kappa shape index (κ1) is 16.2. The van der Waals surface area contributed by atoms with E-state index in [-0.39, 0.29) is 6.03 Å². The van der Waals surface area contributed by atoms with Gasteiger partial charge in [-0.25, -0.2) is 4.79 Å². The molecule has 0 aliphatic heterocycles. The Balaban J connectivity index is 1.40. The Labute approximate surface area is 139 Å². The molecule has 0 bridgehead atoms. The molecule has 0 saturated heterocycles. The lowest BCUT2D eigenvalue weighted by Crippen LogP contribution is -2.40. The van der Waals surface area contributed by atoms with E-state index in [1.54, 1.807) is 0 Å². The van der Waals surface area contributed by atoms with E-state index in [4.69, 9.17) is 4.74 Å². The van der Waals surface area contributed by atoms with Crippen LogP contribution in [0.15, 0.2) is 24.3 Å². The smallest absolute Gasteiger partial charge is 0.315 e. The zero-order chi connectivity index (χ0) is 15.9. The van der Waals surface area contributed by atoms with E-state index in [2.05, 4.69) is 10.6 Å². The number of hydrogen-bond donors (Lipinski definition) is 2. The fraction of sp³-hybridized carbons (Fsp3) is 0.632. The van der Waals surface area contributed by atoms with Gasteiger partial charge in [-0.15, -0.1) is 0 Å². The summed E-state index contributed by atoms with van der Waals surface area (Å²) in [6, 6.07) is 8.41. The van der Waals surface area contributed by atoms with E-state index in [9.17, 15) is 4.79 Å². The summed E-state index contributed by atoms with van der Waals surface area (Å²) in [6.07, 6.45) is 11.3. The molecule has 2 fully saturated rings. The predicted molar refractivity (Wildman–Crippen MR) is 91.6 cm³/mol. The second-order valence-corrected chi connectivity index (χ2v) is 6.83. The number of carbonyl (C=O) groups excluding carboxylic acids is 1. The summed E-state index contributed by atoms with van der Waals surface area (Å²) < 4.78 is 6.02. The third-order valence-corrected chi connectivity index (χ3v) is 4.92.